The average Bonchev–Trinajstić information content (AvgIpc) is 2.45. The molecule has 0 saturated carbocycles. The molecule has 0 aliphatic carbocycles. The molecular formula is C12H22N2O6S. The van der Waals surface area contributed by atoms with Crippen molar-refractivity contribution in [2.75, 3.05) is 20.2 Å². The van der Waals surface area contributed by atoms with E-state index in [4.69, 9.17) is 5.11 Å². The van der Waals surface area contributed by atoms with Gasteiger partial charge in [-0.25, -0.2) is 0 Å². The van der Waals surface area contributed by atoms with Gasteiger partial charge in [0.25, 0.3) is 10.2 Å². The molecule has 0 spiro atoms. The highest BCUT2D eigenvalue weighted by Crippen LogP contribution is 2.20. The molecular weight excluding hydrogens is 300 g/mol. The van der Waals surface area contributed by atoms with Crippen molar-refractivity contribution in [1.29, 1.82) is 0 Å². The van der Waals surface area contributed by atoms with E-state index in [0.29, 0.717) is 19.3 Å². The molecule has 0 radical (unpaired) electrons. The van der Waals surface area contributed by atoms with Crippen LogP contribution in [0.3, 0.4) is 0 Å². The maximum atomic E-state index is 12.2. The van der Waals surface area contributed by atoms with Crippen LogP contribution in [0.2, 0.25) is 0 Å². The topological polar surface area (TPSA) is 113 Å². The van der Waals surface area contributed by atoms with Gasteiger partial charge in [-0.2, -0.15) is 17.4 Å². The smallest absolute Gasteiger partial charge is 0.321 e. The standard InChI is InChI=1S/C12H22N2O6S/c1-3-4-10(11(15)16)13-21(18,19)14-7-5-9(6-8-14)12(17)20-2/h9-10,13H,3-8H2,1-2H3,(H,15,16)/t10-/m0/s1. The van der Waals surface area contributed by atoms with Gasteiger partial charge in [0, 0.05) is 13.1 Å². The largest absolute Gasteiger partial charge is 0.480 e. The van der Waals surface area contributed by atoms with Crippen LogP contribution >= 0.6 is 0 Å². The second-order valence-electron chi connectivity index (χ2n) is 5.00. The van der Waals surface area contributed by atoms with Gasteiger partial charge in [-0.05, 0) is 19.3 Å². The van der Waals surface area contributed by atoms with Crippen molar-refractivity contribution in [2.45, 2.75) is 38.6 Å². The molecule has 21 heavy (non-hydrogen) atoms. The number of rotatable bonds is 7. The lowest BCUT2D eigenvalue weighted by molar-refractivity contribution is -0.146. The van der Waals surface area contributed by atoms with E-state index >= 15 is 0 Å². The van der Waals surface area contributed by atoms with E-state index in [1.165, 1.54) is 11.4 Å². The molecule has 0 unspecified atom stereocenters. The van der Waals surface area contributed by atoms with E-state index in [0.717, 1.165) is 0 Å². The van der Waals surface area contributed by atoms with Crippen molar-refractivity contribution >= 4 is 22.1 Å². The molecule has 0 amide bonds. The van der Waals surface area contributed by atoms with Crippen LogP contribution in [0.4, 0.5) is 0 Å². The first kappa shape index (κ1) is 17.9. The van der Waals surface area contributed by atoms with Gasteiger partial charge in [0.1, 0.15) is 6.04 Å². The van der Waals surface area contributed by atoms with Gasteiger partial charge in [-0.1, -0.05) is 13.3 Å². The van der Waals surface area contributed by atoms with Crippen LogP contribution in [0.1, 0.15) is 32.6 Å². The summed E-state index contributed by atoms with van der Waals surface area (Å²) in [6, 6.07) is -1.13. The Kier molecular flexibility index (Phi) is 6.56. The van der Waals surface area contributed by atoms with Gasteiger partial charge in [-0.15, -0.1) is 0 Å². The van der Waals surface area contributed by atoms with Crippen LogP contribution in [0.25, 0.3) is 0 Å². The number of carboxylic acids is 1. The molecule has 0 aromatic carbocycles. The average molecular weight is 322 g/mol. The maximum Gasteiger partial charge on any atom is 0.321 e. The number of nitrogens with zero attached hydrogens (tertiary/aromatic N) is 1. The molecule has 0 bridgehead atoms. The summed E-state index contributed by atoms with van der Waals surface area (Å²) in [5.41, 5.74) is 0. The van der Waals surface area contributed by atoms with Gasteiger partial charge in [0.05, 0.1) is 13.0 Å². The Morgan fingerprint density at radius 2 is 1.95 bits per heavy atom. The SMILES string of the molecule is CCC[C@H](NS(=O)(=O)N1CCC(C(=O)OC)CC1)C(=O)O. The van der Waals surface area contributed by atoms with Crippen LogP contribution in [-0.4, -0.2) is 56.0 Å². The number of ether oxygens (including phenoxy) is 1. The molecule has 1 heterocycles. The number of carbonyl (C=O) groups is 2. The van der Waals surface area contributed by atoms with E-state index in [9.17, 15) is 18.0 Å². The highest BCUT2D eigenvalue weighted by Gasteiger charge is 2.33. The number of hydrogen-bond donors (Lipinski definition) is 2. The minimum Gasteiger partial charge on any atom is -0.480 e. The number of piperidine rings is 1. The number of carboxylic acid groups (broad SMARTS) is 1. The monoisotopic (exact) mass is 322 g/mol. The van der Waals surface area contributed by atoms with Gasteiger partial charge >= 0.3 is 11.9 Å². The molecule has 0 aromatic rings. The zero-order valence-corrected chi connectivity index (χ0v) is 13.1. The predicted octanol–water partition coefficient (Wildman–Crippen LogP) is -0.0409. The molecule has 0 aromatic heterocycles. The molecule has 2 N–H and O–H groups in total. The van der Waals surface area contributed by atoms with Gasteiger partial charge in [-0.3, -0.25) is 9.59 Å². The molecule has 1 saturated heterocycles. The minimum atomic E-state index is -3.86. The summed E-state index contributed by atoms with van der Waals surface area (Å²) in [5.74, 6) is -1.83. The van der Waals surface area contributed by atoms with E-state index in [1.54, 1.807) is 6.92 Å². The lowest BCUT2D eigenvalue weighted by Gasteiger charge is -2.30. The zero-order valence-electron chi connectivity index (χ0n) is 12.2. The number of methoxy groups -OCH3 is 1. The number of aliphatic carboxylic acids is 1. The quantitative estimate of drug-likeness (QED) is 0.636. The first-order chi connectivity index (χ1) is 9.81. The van der Waals surface area contributed by atoms with E-state index < -0.39 is 22.2 Å². The summed E-state index contributed by atoms with van der Waals surface area (Å²) in [6.07, 6.45) is 1.54. The lowest BCUT2D eigenvalue weighted by atomic mass is 9.99. The van der Waals surface area contributed by atoms with Gasteiger partial charge in [0.2, 0.25) is 0 Å². The van der Waals surface area contributed by atoms with Gasteiger partial charge in [0.15, 0.2) is 0 Å². The summed E-state index contributed by atoms with van der Waals surface area (Å²) < 4.78 is 32.3. The normalized spacial score (nSPS) is 19.1. The first-order valence-electron chi connectivity index (χ1n) is 6.89. The number of nitrogens with one attached hydrogen (secondary N) is 1. The Bertz CT molecular complexity index is 470. The number of hydrogen-bond acceptors (Lipinski definition) is 5. The summed E-state index contributed by atoms with van der Waals surface area (Å²) in [7, 11) is -2.55. The number of esters is 1. The van der Waals surface area contributed by atoms with Gasteiger partial charge < -0.3 is 9.84 Å². The fourth-order valence-corrected chi connectivity index (χ4v) is 3.69. The third-order valence-electron chi connectivity index (χ3n) is 3.49. The second-order valence-corrected chi connectivity index (χ2v) is 6.70. The third-order valence-corrected chi connectivity index (χ3v) is 5.12. The molecule has 8 nitrogen and oxygen atoms in total. The Morgan fingerprint density at radius 3 is 2.38 bits per heavy atom. The predicted molar refractivity (Wildman–Crippen MR) is 74.7 cm³/mol. The van der Waals surface area contributed by atoms with E-state index in [2.05, 4.69) is 9.46 Å². The molecule has 1 aliphatic rings. The van der Waals surface area contributed by atoms with Crippen molar-refractivity contribution in [1.82, 2.24) is 9.03 Å². The lowest BCUT2D eigenvalue weighted by Crippen LogP contribution is -2.51. The minimum absolute atomic E-state index is 0.174. The Hall–Kier alpha value is -1.19. The molecule has 122 valence electrons. The summed E-state index contributed by atoms with van der Waals surface area (Å²) in [5, 5.41) is 9.01. The third kappa shape index (κ3) is 4.94. The van der Waals surface area contributed by atoms with Crippen molar-refractivity contribution < 1.29 is 27.9 Å². The van der Waals surface area contributed by atoms with Crippen LogP contribution in [-0.2, 0) is 24.5 Å². The van der Waals surface area contributed by atoms with Crippen molar-refractivity contribution in [3.63, 3.8) is 0 Å². The maximum absolute atomic E-state index is 12.2. The highest BCUT2D eigenvalue weighted by molar-refractivity contribution is 7.87. The zero-order chi connectivity index (χ0) is 16.0. The van der Waals surface area contributed by atoms with Crippen LogP contribution < -0.4 is 4.72 Å². The molecule has 1 fully saturated rings. The van der Waals surface area contributed by atoms with Crippen LogP contribution in [0, 0.1) is 5.92 Å². The molecule has 9 heteroatoms. The van der Waals surface area contributed by atoms with Crippen molar-refractivity contribution in [3.8, 4) is 0 Å². The fourth-order valence-electron chi connectivity index (χ4n) is 2.27. The highest BCUT2D eigenvalue weighted by atomic mass is 32.2. The van der Waals surface area contributed by atoms with Crippen molar-refractivity contribution in [2.24, 2.45) is 5.92 Å². The summed E-state index contributed by atoms with van der Waals surface area (Å²) in [6.45, 7) is 2.13. The first-order valence-corrected chi connectivity index (χ1v) is 8.33. The second kappa shape index (κ2) is 7.71. The fraction of sp³-hybridized carbons (Fsp3) is 0.833. The number of carbonyl (C=O) groups excluding carboxylic acids is 1. The van der Waals surface area contributed by atoms with E-state index in [1.807, 2.05) is 0 Å². The van der Waals surface area contributed by atoms with Crippen LogP contribution in [0.5, 0.6) is 0 Å². The van der Waals surface area contributed by atoms with Crippen molar-refractivity contribution in [3.05, 3.63) is 0 Å². The Labute approximate surface area is 124 Å². The summed E-state index contributed by atoms with van der Waals surface area (Å²) >= 11 is 0. The van der Waals surface area contributed by atoms with Crippen LogP contribution in [0.15, 0.2) is 0 Å². The van der Waals surface area contributed by atoms with E-state index in [-0.39, 0.29) is 31.4 Å². The Morgan fingerprint density at radius 1 is 1.38 bits per heavy atom. The molecule has 1 rings (SSSR count). The molecule has 1 aliphatic heterocycles. The molecule has 1 atom stereocenters. The Balaban J connectivity index is 2.64. The summed E-state index contributed by atoms with van der Waals surface area (Å²) in [4.78, 5) is 22.4.